The van der Waals surface area contributed by atoms with Crippen LogP contribution in [0, 0.1) is 0 Å². The van der Waals surface area contributed by atoms with Crippen molar-refractivity contribution < 1.29 is 9.53 Å². The summed E-state index contributed by atoms with van der Waals surface area (Å²) in [7, 11) is 0. The van der Waals surface area contributed by atoms with Crippen molar-refractivity contribution in [1.29, 1.82) is 0 Å². The Hall–Kier alpha value is -2.64. The lowest BCUT2D eigenvalue weighted by molar-refractivity contribution is -0.119. The van der Waals surface area contributed by atoms with Crippen LogP contribution in [0.25, 0.3) is 10.9 Å². The number of hydrogen-bond acceptors (Lipinski definition) is 5. The normalized spacial score (nSPS) is 17.2. The number of nitrogens with one attached hydrogen (secondary N) is 1. The van der Waals surface area contributed by atoms with E-state index in [-0.39, 0.29) is 29.4 Å². The summed E-state index contributed by atoms with van der Waals surface area (Å²) >= 11 is 1.29. The topological polar surface area (TPSA) is 73.2 Å². The standard InChI is InChI=1S/C23H25N3O3S/c1-16(17-8-3-2-4-9-17)24-21(27)15-30-23-25-20-12-6-5-11-19(20)22(28)26(23)14-18-10-7-13-29-18/h2-6,8-9,11-12,16,18H,7,10,13-15H2,1H3,(H,24,27). The monoisotopic (exact) mass is 423 g/mol. The maximum Gasteiger partial charge on any atom is 0.262 e. The molecular weight excluding hydrogens is 398 g/mol. The molecule has 0 spiro atoms. The number of para-hydroxylation sites is 1. The summed E-state index contributed by atoms with van der Waals surface area (Å²) < 4.78 is 7.39. The fourth-order valence-electron chi connectivity index (χ4n) is 3.65. The molecule has 1 amide bonds. The van der Waals surface area contributed by atoms with Gasteiger partial charge in [-0.05, 0) is 37.5 Å². The van der Waals surface area contributed by atoms with Gasteiger partial charge in [0.1, 0.15) is 0 Å². The van der Waals surface area contributed by atoms with Crippen LogP contribution in [0.4, 0.5) is 0 Å². The van der Waals surface area contributed by atoms with E-state index in [0.717, 1.165) is 25.0 Å². The van der Waals surface area contributed by atoms with Gasteiger partial charge in [0.2, 0.25) is 5.91 Å². The van der Waals surface area contributed by atoms with Crippen LogP contribution in [-0.4, -0.2) is 33.9 Å². The number of rotatable bonds is 7. The first-order chi connectivity index (χ1) is 14.6. The number of ether oxygens (including phenoxy) is 1. The number of nitrogens with zero attached hydrogens (tertiary/aromatic N) is 2. The Bertz CT molecular complexity index is 1080. The first-order valence-corrected chi connectivity index (χ1v) is 11.2. The second-order valence-electron chi connectivity index (χ2n) is 7.45. The van der Waals surface area contributed by atoms with E-state index in [1.54, 1.807) is 10.6 Å². The average Bonchev–Trinajstić information content (AvgIpc) is 3.28. The lowest BCUT2D eigenvalue weighted by Gasteiger charge is -2.17. The Morgan fingerprint density at radius 3 is 2.77 bits per heavy atom. The minimum Gasteiger partial charge on any atom is -0.376 e. The van der Waals surface area contributed by atoms with E-state index >= 15 is 0 Å². The van der Waals surface area contributed by atoms with Crippen LogP contribution >= 0.6 is 11.8 Å². The number of amides is 1. The zero-order chi connectivity index (χ0) is 20.9. The molecule has 3 aromatic rings. The smallest absolute Gasteiger partial charge is 0.262 e. The lowest BCUT2D eigenvalue weighted by Crippen LogP contribution is -2.30. The zero-order valence-electron chi connectivity index (χ0n) is 16.9. The zero-order valence-corrected chi connectivity index (χ0v) is 17.7. The van der Waals surface area contributed by atoms with Gasteiger partial charge < -0.3 is 10.1 Å². The molecule has 6 nitrogen and oxygen atoms in total. The molecule has 1 aliphatic heterocycles. The SMILES string of the molecule is CC(NC(=O)CSc1nc2ccccc2c(=O)n1CC1CCCO1)c1ccccc1. The number of benzene rings is 2. The predicted molar refractivity (Wildman–Crippen MR) is 119 cm³/mol. The van der Waals surface area contributed by atoms with Crippen LogP contribution in [0.3, 0.4) is 0 Å². The quantitative estimate of drug-likeness (QED) is 0.465. The van der Waals surface area contributed by atoms with E-state index in [9.17, 15) is 9.59 Å². The van der Waals surface area contributed by atoms with Gasteiger partial charge in [-0.15, -0.1) is 0 Å². The number of carbonyl (C=O) groups is 1. The van der Waals surface area contributed by atoms with E-state index in [2.05, 4.69) is 10.3 Å². The number of aromatic nitrogens is 2. The van der Waals surface area contributed by atoms with Gasteiger partial charge >= 0.3 is 0 Å². The molecule has 4 rings (SSSR count). The molecule has 30 heavy (non-hydrogen) atoms. The van der Waals surface area contributed by atoms with Gasteiger partial charge in [0.05, 0.1) is 35.3 Å². The van der Waals surface area contributed by atoms with Gasteiger partial charge in [-0.2, -0.15) is 0 Å². The van der Waals surface area contributed by atoms with Crippen molar-refractivity contribution in [3.05, 3.63) is 70.5 Å². The van der Waals surface area contributed by atoms with E-state index in [4.69, 9.17) is 4.74 Å². The van der Waals surface area contributed by atoms with Crippen molar-refractivity contribution in [2.24, 2.45) is 0 Å². The van der Waals surface area contributed by atoms with Crippen LogP contribution in [-0.2, 0) is 16.1 Å². The first kappa shape index (κ1) is 20.6. The summed E-state index contributed by atoms with van der Waals surface area (Å²) in [6, 6.07) is 17.1. The first-order valence-electron chi connectivity index (χ1n) is 10.2. The van der Waals surface area contributed by atoms with Gasteiger partial charge in [-0.3, -0.25) is 14.2 Å². The minimum absolute atomic E-state index is 0.0111. The molecule has 0 aliphatic carbocycles. The molecular formula is C23H25N3O3S. The van der Waals surface area contributed by atoms with Crippen LogP contribution in [0.2, 0.25) is 0 Å². The largest absolute Gasteiger partial charge is 0.376 e. The maximum absolute atomic E-state index is 13.1. The van der Waals surface area contributed by atoms with Crippen molar-refractivity contribution in [3.8, 4) is 0 Å². The third-order valence-electron chi connectivity index (χ3n) is 5.25. The summed E-state index contributed by atoms with van der Waals surface area (Å²) in [6.07, 6.45) is 1.94. The van der Waals surface area contributed by atoms with Gasteiger partial charge in [0.15, 0.2) is 5.16 Å². The van der Waals surface area contributed by atoms with E-state index in [1.807, 2.05) is 55.5 Å². The molecule has 1 fully saturated rings. The Kier molecular flexibility index (Phi) is 6.50. The van der Waals surface area contributed by atoms with Crippen molar-refractivity contribution in [1.82, 2.24) is 14.9 Å². The Balaban J connectivity index is 1.52. The third-order valence-corrected chi connectivity index (χ3v) is 6.22. The van der Waals surface area contributed by atoms with Crippen molar-refractivity contribution in [2.45, 2.75) is 43.6 Å². The third kappa shape index (κ3) is 4.74. The van der Waals surface area contributed by atoms with Gasteiger partial charge in [0.25, 0.3) is 5.56 Å². The summed E-state index contributed by atoms with van der Waals surface area (Å²) in [6.45, 7) is 3.14. The summed E-state index contributed by atoms with van der Waals surface area (Å²) in [5.41, 5.74) is 1.61. The molecule has 0 saturated carbocycles. The molecule has 1 aromatic heterocycles. The van der Waals surface area contributed by atoms with Gasteiger partial charge in [-0.25, -0.2) is 4.98 Å². The van der Waals surface area contributed by atoms with E-state index in [1.165, 1.54) is 11.8 Å². The molecule has 1 N–H and O–H groups in total. The highest BCUT2D eigenvalue weighted by atomic mass is 32.2. The van der Waals surface area contributed by atoms with Gasteiger partial charge in [0, 0.05) is 6.61 Å². The fourth-order valence-corrected chi connectivity index (χ4v) is 4.47. The molecule has 2 aromatic carbocycles. The number of fused-ring (bicyclic) bond motifs is 1. The van der Waals surface area contributed by atoms with E-state index in [0.29, 0.717) is 22.6 Å². The molecule has 0 bridgehead atoms. The van der Waals surface area contributed by atoms with Crippen LogP contribution in [0.1, 0.15) is 31.4 Å². The number of carbonyl (C=O) groups excluding carboxylic acids is 1. The minimum atomic E-state index is -0.0950. The highest BCUT2D eigenvalue weighted by Crippen LogP contribution is 2.21. The van der Waals surface area contributed by atoms with Gasteiger partial charge in [-0.1, -0.05) is 54.2 Å². The van der Waals surface area contributed by atoms with Crippen LogP contribution in [0.15, 0.2) is 64.5 Å². The molecule has 2 unspecified atom stereocenters. The van der Waals surface area contributed by atoms with Crippen LogP contribution in [0.5, 0.6) is 0 Å². The molecule has 0 radical (unpaired) electrons. The summed E-state index contributed by atoms with van der Waals surface area (Å²) in [5.74, 6) is 0.0930. The Morgan fingerprint density at radius 2 is 2.00 bits per heavy atom. The van der Waals surface area contributed by atoms with Crippen LogP contribution < -0.4 is 10.9 Å². The van der Waals surface area contributed by atoms with Crippen molar-refractivity contribution in [3.63, 3.8) is 0 Å². The maximum atomic E-state index is 13.1. The highest BCUT2D eigenvalue weighted by Gasteiger charge is 2.21. The Morgan fingerprint density at radius 1 is 1.23 bits per heavy atom. The molecule has 1 saturated heterocycles. The molecule has 2 heterocycles. The number of thioether (sulfide) groups is 1. The predicted octanol–water partition coefficient (Wildman–Crippen LogP) is 3.55. The molecule has 156 valence electrons. The van der Waals surface area contributed by atoms with Crippen molar-refractivity contribution in [2.75, 3.05) is 12.4 Å². The summed E-state index contributed by atoms with van der Waals surface area (Å²) in [4.78, 5) is 30.3. The Labute approximate surface area is 179 Å². The second kappa shape index (κ2) is 9.45. The molecule has 2 atom stereocenters. The molecule has 7 heteroatoms. The average molecular weight is 424 g/mol. The highest BCUT2D eigenvalue weighted by molar-refractivity contribution is 7.99. The fraction of sp³-hybridized carbons (Fsp3) is 0.348. The molecule has 1 aliphatic rings. The lowest BCUT2D eigenvalue weighted by atomic mass is 10.1. The van der Waals surface area contributed by atoms with Crippen molar-refractivity contribution >= 4 is 28.6 Å². The summed E-state index contributed by atoms with van der Waals surface area (Å²) in [5, 5.41) is 4.15. The van der Waals surface area contributed by atoms with E-state index < -0.39 is 0 Å². The number of hydrogen-bond donors (Lipinski definition) is 1. The second-order valence-corrected chi connectivity index (χ2v) is 8.39.